The van der Waals surface area contributed by atoms with Gasteiger partial charge in [0.15, 0.2) is 5.75 Å². The molecule has 1 aromatic rings. The maximum absolute atomic E-state index is 12.0. The van der Waals surface area contributed by atoms with Crippen LogP contribution < -0.4 is 4.72 Å². The summed E-state index contributed by atoms with van der Waals surface area (Å²) < 4.78 is 26.5. The first kappa shape index (κ1) is 15.4. The van der Waals surface area contributed by atoms with Crippen molar-refractivity contribution in [1.82, 2.24) is 4.72 Å². The summed E-state index contributed by atoms with van der Waals surface area (Å²) in [4.78, 5) is 9.58. The molecule has 0 aliphatic rings. The summed E-state index contributed by atoms with van der Waals surface area (Å²) in [6.07, 6.45) is 0. The number of sulfonamides is 1. The van der Waals surface area contributed by atoms with E-state index in [0.29, 0.717) is 0 Å². The van der Waals surface area contributed by atoms with Gasteiger partial charge in [-0.3, -0.25) is 10.1 Å². The smallest absolute Gasteiger partial charge is 0.312 e. The van der Waals surface area contributed by atoms with Crippen molar-refractivity contribution in [2.45, 2.75) is 31.7 Å². The molecule has 1 atom stereocenters. The van der Waals surface area contributed by atoms with Gasteiger partial charge in [-0.15, -0.1) is 0 Å². The Morgan fingerprint density at radius 3 is 2.37 bits per heavy atom. The number of hydrogen-bond acceptors (Lipinski definition) is 5. The molecule has 0 heterocycles. The van der Waals surface area contributed by atoms with Gasteiger partial charge in [0.25, 0.3) is 0 Å². The number of nitro groups is 1. The predicted molar refractivity (Wildman–Crippen MR) is 69.4 cm³/mol. The van der Waals surface area contributed by atoms with Gasteiger partial charge in [-0.1, -0.05) is 13.8 Å². The molecule has 0 aromatic heterocycles. The minimum absolute atomic E-state index is 0.0851. The molecule has 0 spiro atoms. The Morgan fingerprint density at radius 2 is 1.89 bits per heavy atom. The second-order valence-electron chi connectivity index (χ2n) is 4.56. The quantitative estimate of drug-likeness (QED) is 0.632. The number of phenolic OH excluding ortho intramolecular Hbond substituents is 1. The van der Waals surface area contributed by atoms with Crippen LogP contribution in [0.3, 0.4) is 0 Å². The van der Waals surface area contributed by atoms with Crippen LogP contribution in [-0.2, 0) is 10.0 Å². The molecular weight excluding hydrogens is 272 g/mol. The van der Waals surface area contributed by atoms with Crippen LogP contribution in [0.15, 0.2) is 23.1 Å². The van der Waals surface area contributed by atoms with Gasteiger partial charge in [-0.25, -0.2) is 13.1 Å². The van der Waals surface area contributed by atoms with E-state index in [-0.39, 0.29) is 16.9 Å². The Hall–Kier alpha value is -1.67. The van der Waals surface area contributed by atoms with Gasteiger partial charge in [0.1, 0.15) is 0 Å². The molecule has 1 unspecified atom stereocenters. The van der Waals surface area contributed by atoms with Gasteiger partial charge in [0.05, 0.1) is 9.82 Å². The van der Waals surface area contributed by atoms with E-state index in [1.54, 1.807) is 6.92 Å². The molecule has 0 saturated carbocycles. The van der Waals surface area contributed by atoms with Crippen molar-refractivity contribution < 1.29 is 18.4 Å². The van der Waals surface area contributed by atoms with E-state index >= 15 is 0 Å². The number of aromatic hydroxyl groups is 1. The molecule has 2 N–H and O–H groups in total. The van der Waals surface area contributed by atoms with E-state index in [9.17, 15) is 23.6 Å². The molecule has 0 aliphatic heterocycles. The summed E-state index contributed by atoms with van der Waals surface area (Å²) in [6.45, 7) is 5.41. The van der Waals surface area contributed by atoms with Gasteiger partial charge in [0.2, 0.25) is 10.0 Å². The third-order valence-corrected chi connectivity index (χ3v) is 4.35. The van der Waals surface area contributed by atoms with E-state index in [0.717, 1.165) is 18.2 Å². The van der Waals surface area contributed by atoms with Crippen LogP contribution >= 0.6 is 0 Å². The van der Waals surface area contributed by atoms with Crippen LogP contribution in [0.25, 0.3) is 0 Å². The average Bonchev–Trinajstić information content (AvgIpc) is 2.27. The van der Waals surface area contributed by atoms with Crippen molar-refractivity contribution >= 4 is 15.7 Å². The lowest BCUT2D eigenvalue weighted by molar-refractivity contribution is -0.386. The first-order chi connectivity index (χ1) is 8.65. The van der Waals surface area contributed by atoms with Crippen LogP contribution in [0.1, 0.15) is 20.8 Å². The number of phenols is 1. The summed E-state index contributed by atoms with van der Waals surface area (Å²) in [7, 11) is -3.84. The van der Waals surface area contributed by atoms with Crippen molar-refractivity contribution in [2.24, 2.45) is 5.92 Å². The van der Waals surface area contributed by atoms with Crippen LogP contribution in [-0.4, -0.2) is 24.5 Å². The van der Waals surface area contributed by atoms with E-state index < -0.39 is 26.4 Å². The Labute approximate surface area is 111 Å². The van der Waals surface area contributed by atoms with E-state index in [2.05, 4.69) is 4.72 Å². The van der Waals surface area contributed by atoms with Crippen molar-refractivity contribution in [1.29, 1.82) is 0 Å². The molecule has 106 valence electrons. The molecule has 19 heavy (non-hydrogen) atoms. The van der Waals surface area contributed by atoms with E-state index in [1.165, 1.54) is 0 Å². The number of nitrogens with zero attached hydrogens (tertiary/aromatic N) is 1. The van der Waals surface area contributed by atoms with Gasteiger partial charge >= 0.3 is 5.69 Å². The standard InChI is InChI=1S/C11H16N2O5S/c1-7(2)8(3)12-19(17,18)9-4-5-11(14)10(6-9)13(15)16/h4-8,12,14H,1-3H3. The zero-order chi connectivity index (χ0) is 14.8. The lowest BCUT2D eigenvalue weighted by atomic mass is 10.1. The molecule has 1 rings (SSSR count). The Morgan fingerprint density at radius 1 is 1.32 bits per heavy atom. The van der Waals surface area contributed by atoms with Gasteiger partial charge in [-0.05, 0) is 25.0 Å². The van der Waals surface area contributed by atoms with Gasteiger partial charge in [0, 0.05) is 12.1 Å². The Bertz CT molecular complexity index is 583. The molecule has 0 saturated heterocycles. The van der Waals surface area contributed by atoms with Crippen LogP contribution in [0.2, 0.25) is 0 Å². The third kappa shape index (κ3) is 3.65. The normalized spacial score (nSPS) is 13.5. The first-order valence-corrected chi connectivity index (χ1v) is 7.13. The summed E-state index contributed by atoms with van der Waals surface area (Å²) in [5.41, 5.74) is -0.639. The van der Waals surface area contributed by atoms with Crippen molar-refractivity contribution in [3.63, 3.8) is 0 Å². The van der Waals surface area contributed by atoms with Gasteiger partial charge < -0.3 is 5.11 Å². The highest BCUT2D eigenvalue weighted by atomic mass is 32.2. The average molecular weight is 288 g/mol. The molecule has 0 amide bonds. The largest absolute Gasteiger partial charge is 0.502 e. The summed E-state index contributed by atoms with van der Waals surface area (Å²) in [5, 5.41) is 19.9. The SMILES string of the molecule is CC(C)C(C)NS(=O)(=O)c1ccc(O)c([N+](=O)[O-])c1. The minimum Gasteiger partial charge on any atom is -0.502 e. The van der Waals surface area contributed by atoms with Crippen molar-refractivity contribution in [3.8, 4) is 5.75 Å². The lowest BCUT2D eigenvalue weighted by Gasteiger charge is -2.17. The zero-order valence-electron chi connectivity index (χ0n) is 10.8. The number of nitro benzene ring substituents is 1. The monoisotopic (exact) mass is 288 g/mol. The molecular formula is C11H16N2O5S. The second-order valence-corrected chi connectivity index (χ2v) is 6.28. The molecule has 0 fully saturated rings. The van der Waals surface area contributed by atoms with Crippen molar-refractivity contribution in [3.05, 3.63) is 28.3 Å². The summed E-state index contributed by atoms with van der Waals surface area (Å²) >= 11 is 0. The highest BCUT2D eigenvalue weighted by molar-refractivity contribution is 7.89. The zero-order valence-corrected chi connectivity index (χ0v) is 11.6. The highest BCUT2D eigenvalue weighted by Gasteiger charge is 2.23. The first-order valence-electron chi connectivity index (χ1n) is 5.65. The lowest BCUT2D eigenvalue weighted by Crippen LogP contribution is -2.36. The fourth-order valence-electron chi connectivity index (χ4n) is 1.27. The molecule has 0 radical (unpaired) electrons. The molecule has 8 heteroatoms. The van der Waals surface area contributed by atoms with Crippen LogP contribution in [0.4, 0.5) is 5.69 Å². The number of hydrogen-bond donors (Lipinski definition) is 2. The third-order valence-electron chi connectivity index (χ3n) is 2.79. The topological polar surface area (TPSA) is 110 Å². The maximum Gasteiger partial charge on any atom is 0.312 e. The van der Waals surface area contributed by atoms with Crippen LogP contribution in [0, 0.1) is 16.0 Å². The fourth-order valence-corrected chi connectivity index (χ4v) is 2.68. The van der Waals surface area contributed by atoms with E-state index in [4.69, 9.17) is 0 Å². The van der Waals surface area contributed by atoms with Crippen LogP contribution in [0.5, 0.6) is 5.75 Å². The number of benzene rings is 1. The Kier molecular flexibility index (Phi) is 4.48. The highest BCUT2D eigenvalue weighted by Crippen LogP contribution is 2.28. The fraction of sp³-hybridized carbons (Fsp3) is 0.455. The second kappa shape index (κ2) is 5.54. The molecule has 0 bridgehead atoms. The van der Waals surface area contributed by atoms with E-state index in [1.807, 2.05) is 13.8 Å². The minimum atomic E-state index is -3.84. The van der Waals surface area contributed by atoms with Gasteiger partial charge in [-0.2, -0.15) is 0 Å². The number of nitrogens with one attached hydrogen (secondary N) is 1. The molecule has 1 aromatic carbocycles. The maximum atomic E-state index is 12.0. The predicted octanol–water partition coefficient (Wildman–Crippen LogP) is 1.62. The summed E-state index contributed by atoms with van der Waals surface area (Å²) in [5.74, 6) is -0.484. The molecule has 0 aliphatic carbocycles. The molecule has 7 nitrogen and oxygen atoms in total. The van der Waals surface area contributed by atoms with Crippen molar-refractivity contribution in [2.75, 3.05) is 0 Å². The Balaban J connectivity index is 3.16. The summed E-state index contributed by atoms with van der Waals surface area (Å²) in [6, 6.07) is 2.65. The number of rotatable bonds is 5.